The van der Waals surface area contributed by atoms with Crippen LogP contribution >= 0.6 is 0 Å². The number of hydrogen-bond acceptors (Lipinski definition) is 5. The lowest BCUT2D eigenvalue weighted by molar-refractivity contribution is -0.133. The van der Waals surface area contributed by atoms with E-state index in [4.69, 9.17) is 0 Å². The summed E-state index contributed by atoms with van der Waals surface area (Å²) in [4.78, 5) is 26.8. The van der Waals surface area contributed by atoms with Gasteiger partial charge >= 0.3 is 6.03 Å². The lowest BCUT2D eigenvalue weighted by atomic mass is 9.96. The molecule has 0 unspecified atom stereocenters. The third kappa shape index (κ3) is 2.62. The summed E-state index contributed by atoms with van der Waals surface area (Å²) in [7, 11) is -1.92. The van der Waals surface area contributed by atoms with Gasteiger partial charge in [0.1, 0.15) is 10.4 Å². The first-order valence-corrected chi connectivity index (χ1v) is 10.4. The molecule has 1 aromatic heterocycles. The van der Waals surface area contributed by atoms with Gasteiger partial charge in [-0.15, -0.1) is 0 Å². The molecule has 1 aliphatic carbocycles. The van der Waals surface area contributed by atoms with Gasteiger partial charge in [0, 0.05) is 32.4 Å². The molecule has 0 aromatic carbocycles. The van der Waals surface area contributed by atoms with E-state index in [1.54, 1.807) is 7.05 Å². The molecular weight excluding hydrogens is 358 g/mol. The van der Waals surface area contributed by atoms with E-state index in [-0.39, 0.29) is 36.0 Å². The molecule has 3 heterocycles. The molecule has 1 saturated carbocycles. The zero-order valence-electron chi connectivity index (χ0n) is 14.7. The monoisotopic (exact) mass is 381 g/mol. The summed E-state index contributed by atoms with van der Waals surface area (Å²) in [6.07, 6.45) is 7.00. The molecule has 26 heavy (non-hydrogen) atoms. The molecule has 0 bridgehead atoms. The van der Waals surface area contributed by atoms with Crippen LogP contribution < -0.4 is 5.32 Å². The first kappa shape index (κ1) is 17.5. The highest BCUT2D eigenvalue weighted by Crippen LogP contribution is 2.37. The van der Waals surface area contributed by atoms with Crippen molar-refractivity contribution in [1.82, 2.24) is 24.3 Å². The van der Waals surface area contributed by atoms with Crippen LogP contribution in [-0.4, -0.2) is 64.0 Å². The molecule has 9 nitrogen and oxygen atoms in total. The van der Waals surface area contributed by atoms with Gasteiger partial charge in [-0.2, -0.15) is 9.40 Å². The Kier molecular flexibility index (Phi) is 4.07. The molecule has 3 fully saturated rings. The smallest absolute Gasteiger partial charge is 0.323 e. The number of urea groups is 1. The molecular formula is C16H23N5O4S. The number of amides is 3. The van der Waals surface area contributed by atoms with Crippen molar-refractivity contribution in [2.24, 2.45) is 7.05 Å². The number of hydrogen-bond donors (Lipinski definition) is 1. The largest absolute Gasteiger partial charge is 0.325 e. The Morgan fingerprint density at radius 2 is 1.85 bits per heavy atom. The molecule has 0 radical (unpaired) electrons. The SMILES string of the molecule is Cn1cc(S(=O)(=O)N2CCC(N3C(=O)NC4(CCCC4)C3=O)CC2)cn1. The minimum absolute atomic E-state index is 0.131. The maximum Gasteiger partial charge on any atom is 0.325 e. The molecule has 2 aliphatic heterocycles. The number of carbonyl (C=O) groups is 2. The maximum absolute atomic E-state index is 12.8. The number of nitrogens with one attached hydrogen (secondary N) is 1. The molecule has 142 valence electrons. The molecule has 3 aliphatic rings. The molecule has 1 N–H and O–H groups in total. The van der Waals surface area contributed by atoms with Crippen LogP contribution in [0.3, 0.4) is 0 Å². The normalized spacial score (nSPS) is 24.6. The highest BCUT2D eigenvalue weighted by Gasteiger charge is 2.54. The quantitative estimate of drug-likeness (QED) is 0.765. The van der Waals surface area contributed by atoms with Gasteiger partial charge in [-0.25, -0.2) is 13.2 Å². The average Bonchev–Trinajstić information content (AvgIpc) is 3.30. The predicted molar refractivity (Wildman–Crippen MR) is 91.6 cm³/mol. The second kappa shape index (κ2) is 6.05. The lowest BCUT2D eigenvalue weighted by Gasteiger charge is -2.34. The van der Waals surface area contributed by atoms with Crippen molar-refractivity contribution < 1.29 is 18.0 Å². The molecule has 4 rings (SSSR count). The molecule has 3 amide bonds. The molecule has 2 saturated heterocycles. The summed E-state index contributed by atoms with van der Waals surface area (Å²) in [6.45, 7) is 0.567. The van der Waals surface area contributed by atoms with E-state index in [1.807, 2.05) is 0 Å². The van der Waals surface area contributed by atoms with E-state index in [0.717, 1.165) is 12.8 Å². The van der Waals surface area contributed by atoms with Crippen LogP contribution in [0.5, 0.6) is 0 Å². The highest BCUT2D eigenvalue weighted by molar-refractivity contribution is 7.89. The molecule has 1 spiro atoms. The Morgan fingerprint density at radius 3 is 2.42 bits per heavy atom. The summed E-state index contributed by atoms with van der Waals surface area (Å²) in [6, 6.07) is -0.576. The molecule has 10 heteroatoms. The summed E-state index contributed by atoms with van der Waals surface area (Å²) in [5, 5.41) is 6.81. The second-order valence-corrected chi connectivity index (χ2v) is 9.32. The number of piperidine rings is 1. The van der Waals surface area contributed by atoms with Gasteiger partial charge < -0.3 is 5.32 Å². The number of aromatic nitrogens is 2. The highest BCUT2D eigenvalue weighted by atomic mass is 32.2. The topological polar surface area (TPSA) is 105 Å². The Bertz CT molecular complexity index is 835. The van der Waals surface area contributed by atoms with Crippen LogP contribution in [0.25, 0.3) is 0 Å². The number of sulfonamides is 1. The third-order valence-electron chi connectivity index (χ3n) is 5.76. The van der Waals surface area contributed by atoms with Crippen LogP contribution in [0, 0.1) is 0 Å². The van der Waals surface area contributed by atoms with Crippen molar-refractivity contribution in [2.75, 3.05) is 13.1 Å². The van der Waals surface area contributed by atoms with Gasteiger partial charge in [0.2, 0.25) is 10.0 Å². The van der Waals surface area contributed by atoms with Crippen LogP contribution in [-0.2, 0) is 21.9 Å². The summed E-state index contributed by atoms with van der Waals surface area (Å²) in [5.41, 5.74) is -0.712. The van der Waals surface area contributed by atoms with Gasteiger partial charge in [0.15, 0.2) is 0 Å². The lowest BCUT2D eigenvalue weighted by Crippen LogP contribution is -2.50. The standard InChI is InChI=1S/C16H23N5O4S/c1-19-11-13(10-17-19)26(24,25)20-8-4-12(5-9-20)21-14(22)16(18-15(21)23)6-2-3-7-16/h10-12H,2-9H2,1H3,(H,18,23). The van der Waals surface area contributed by atoms with Crippen molar-refractivity contribution in [3.63, 3.8) is 0 Å². The van der Waals surface area contributed by atoms with Gasteiger partial charge in [-0.05, 0) is 25.7 Å². The van der Waals surface area contributed by atoms with Crippen LogP contribution in [0.1, 0.15) is 38.5 Å². The van der Waals surface area contributed by atoms with Crippen molar-refractivity contribution in [3.05, 3.63) is 12.4 Å². The fraction of sp³-hybridized carbons (Fsp3) is 0.688. The van der Waals surface area contributed by atoms with E-state index in [1.165, 1.54) is 26.3 Å². The summed E-state index contributed by atoms with van der Waals surface area (Å²) < 4.78 is 28.2. The minimum atomic E-state index is -3.59. The third-order valence-corrected chi connectivity index (χ3v) is 7.61. The average molecular weight is 381 g/mol. The number of nitrogens with zero attached hydrogens (tertiary/aromatic N) is 4. The molecule has 1 aromatic rings. The van der Waals surface area contributed by atoms with Crippen molar-refractivity contribution in [1.29, 1.82) is 0 Å². The van der Waals surface area contributed by atoms with E-state index in [2.05, 4.69) is 10.4 Å². The van der Waals surface area contributed by atoms with Gasteiger partial charge in [-0.3, -0.25) is 14.4 Å². The van der Waals surface area contributed by atoms with Crippen LogP contribution in [0.4, 0.5) is 4.79 Å². The second-order valence-electron chi connectivity index (χ2n) is 7.38. The number of aryl methyl sites for hydroxylation is 1. The summed E-state index contributed by atoms with van der Waals surface area (Å²) in [5.74, 6) is -0.131. The Morgan fingerprint density at radius 1 is 1.19 bits per heavy atom. The first-order valence-electron chi connectivity index (χ1n) is 8.98. The zero-order chi connectivity index (χ0) is 18.5. The van der Waals surface area contributed by atoms with Crippen molar-refractivity contribution in [2.45, 2.75) is 55.0 Å². The van der Waals surface area contributed by atoms with E-state index in [9.17, 15) is 18.0 Å². The fourth-order valence-electron chi connectivity index (χ4n) is 4.31. The van der Waals surface area contributed by atoms with Crippen molar-refractivity contribution in [3.8, 4) is 0 Å². The number of rotatable bonds is 3. The fourth-order valence-corrected chi connectivity index (χ4v) is 5.77. The maximum atomic E-state index is 12.8. The Hall–Kier alpha value is -1.94. The van der Waals surface area contributed by atoms with Gasteiger partial charge in [-0.1, -0.05) is 12.8 Å². The van der Waals surface area contributed by atoms with Gasteiger partial charge in [0.05, 0.1) is 6.20 Å². The zero-order valence-corrected chi connectivity index (χ0v) is 15.5. The minimum Gasteiger partial charge on any atom is -0.323 e. The Balaban J connectivity index is 1.45. The van der Waals surface area contributed by atoms with E-state index < -0.39 is 15.6 Å². The van der Waals surface area contributed by atoms with Crippen LogP contribution in [0.2, 0.25) is 0 Å². The van der Waals surface area contributed by atoms with E-state index in [0.29, 0.717) is 25.7 Å². The first-order chi connectivity index (χ1) is 12.3. The van der Waals surface area contributed by atoms with Gasteiger partial charge in [0.25, 0.3) is 5.91 Å². The van der Waals surface area contributed by atoms with Crippen molar-refractivity contribution >= 4 is 22.0 Å². The number of carbonyl (C=O) groups excluding carboxylic acids is 2. The number of imide groups is 1. The van der Waals surface area contributed by atoms with E-state index >= 15 is 0 Å². The van der Waals surface area contributed by atoms with Crippen LogP contribution in [0.15, 0.2) is 17.3 Å². The predicted octanol–water partition coefficient (Wildman–Crippen LogP) is 0.438. The Labute approximate surface area is 152 Å². The molecule has 0 atom stereocenters. The summed E-state index contributed by atoms with van der Waals surface area (Å²) >= 11 is 0.